The number of rotatable bonds is 7. The molecule has 15 heavy (non-hydrogen) atoms. The fourth-order valence-electron chi connectivity index (χ4n) is 1.33. The van der Waals surface area contributed by atoms with Gasteiger partial charge in [-0.3, -0.25) is 0 Å². The van der Waals surface area contributed by atoms with E-state index in [1.807, 2.05) is 6.92 Å². The Morgan fingerprint density at radius 1 is 1.53 bits per heavy atom. The highest BCUT2D eigenvalue weighted by Gasteiger charge is 1.99. The molecule has 0 saturated carbocycles. The van der Waals surface area contributed by atoms with E-state index in [1.54, 1.807) is 11.3 Å². The Morgan fingerprint density at radius 2 is 2.33 bits per heavy atom. The largest absolute Gasteiger partial charge is 0.328 e. The number of nitrogens with one attached hydrogen (secondary N) is 1. The molecule has 1 unspecified atom stereocenters. The normalized spacial score (nSPS) is 13.0. The van der Waals surface area contributed by atoms with Crippen molar-refractivity contribution in [2.45, 2.75) is 39.2 Å². The van der Waals surface area contributed by atoms with E-state index >= 15 is 0 Å². The Hall–Kier alpha value is -0.450. The third-order valence-electron chi connectivity index (χ3n) is 2.40. The molecular weight excluding hydrogens is 206 g/mol. The summed E-state index contributed by atoms with van der Waals surface area (Å²) in [7, 11) is 0. The fourth-order valence-corrected chi connectivity index (χ4v) is 2.11. The summed E-state index contributed by atoms with van der Waals surface area (Å²) in [4.78, 5) is 4.41. The van der Waals surface area contributed by atoms with E-state index < -0.39 is 0 Å². The molecule has 0 spiro atoms. The SMILES string of the molecule is CCC(N)CCNCCc1nc(C)cs1. The van der Waals surface area contributed by atoms with E-state index in [-0.39, 0.29) is 0 Å². The van der Waals surface area contributed by atoms with Gasteiger partial charge >= 0.3 is 0 Å². The molecule has 1 rings (SSSR count). The molecule has 4 heteroatoms. The molecule has 0 aromatic carbocycles. The van der Waals surface area contributed by atoms with E-state index in [9.17, 15) is 0 Å². The van der Waals surface area contributed by atoms with Crippen LogP contribution in [-0.4, -0.2) is 24.1 Å². The van der Waals surface area contributed by atoms with Crippen molar-refractivity contribution in [1.29, 1.82) is 0 Å². The first-order chi connectivity index (χ1) is 7.22. The van der Waals surface area contributed by atoms with Crippen LogP contribution in [0.25, 0.3) is 0 Å². The highest BCUT2D eigenvalue weighted by molar-refractivity contribution is 7.09. The Balaban J connectivity index is 2.02. The van der Waals surface area contributed by atoms with Crippen molar-refractivity contribution in [2.24, 2.45) is 5.73 Å². The zero-order valence-corrected chi connectivity index (χ0v) is 10.4. The lowest BCUT2D eigenvalue weighted by Crippen LogP contribution is -2.27. The molecule has 0 radical (unpaired) electrons. The summed E-state index contributed by atoms with van der Waals surface area (Å²) >= 11 is 1.74. The van der Waals surface area contributed by atoms with Crippen LogP contribution in [0.3, 0.4) is 0 Å². The quantitative estimate of drug-likeness (QED) is 0.697. The second-order valence-electron chi connectivity index (χ2n) is 3.84. The standard InChI is InChI=1S/C11H21N3S/c1-3-10(12)4-6-13-7-5-11-14-9(2)8-15-11/h8,10,13H,3-7,12H2,1-2H3. The van der Waals surface area contributed by atoms with Gasteiger partial charge in [-0.1, -0.05) is 6.92 Å². The van der Waals surface area contributed by atoms with Crippen molar-refractivity contribution in [3.8, 4) is 0 Å². The maximum Gasteiger partial charge on any atom is 0.0940 e. The van der Waals surface area contributed by atoms with Crippen molar-refractivity contribution >= 4 is 11.3 Å². The van der Waals surface area contributed by atoms with Crippen LogP contribution in [0.5, 0.6) is 0 Å². The molecule has 0 amide bonds. The predicted octanol–water partition coefficient (Wildman–Crippen LogP) is 1.71. The molecule has 0 aliphatic carbocycles. The first-order valence-corrected chi connectivity index (χ1v) is 6.47. The first-order valence-electron chi connectivity index (χ1n) is 5.59. The Morgan fingerprint density at radius 3 is 2.93 bits per heavy atom. The summed E-state index contributed by atoms with van der Waals surface area (Å²) in [5.41, 5.74) is 6.95. The molecule has 0 fully saturated rings. The number of nitrogens with two attached hydrogens (primary N) is 1. The van der Waals surface area contributed by atoms with Crippen LogP contribution in [0, 0.1) is 6.92 Å². The fraction of sp³-hybridized carbons (Fsp3) is 0.727. The number of hydrogen-bond donors (Lipinski definition) is 2. The highest BCUT2D eigenvalue weighted by atomic mass is 32.1. The number of thiazole rings is 1. The highest BCUT2D eigenvalue weighted by Crippen LogP contribution is 2.08. The number of hydrogen-bond acceptors (Lipinski definition) is 4. The molecule has 0 aliphatic heterocycles. The molecule has 1 heterocycles. The molecular formula is C11H21N3S. The van der Waals surface area contributed by atoms with Gasteiger partial charge in [-0.2, -0.15) is 0 Å². The molecule has 1 atom stereocenters. The van der Waals surface area contributed by atoms with Crippen LogP contribution in [0.1, 0.15) is 30.5 Å². The zero-order chi connectivity index (χ0) is 11.1. The summed E-state index contributed by atoms with van der Waals surface area (Å²) in [6.45, 7) is 6.18. The van der Waals surface area contributed by atoms with Crippen molar-refractivity contribution < 1.29 is 0 Å². The van der Waals surface area contributed by atoms with Crippen molar-refractivity contribution in [2.75, 3.05) is 13.1 Å². The van der Waals surface area contributed by atoms with Gasteiger partial charge in [0.1, 0.15) is 0 Å². The lowest BCUT2D eigenvalue weighted by Gasteiger charge is -2.08. The maximum absolute atomic E-state index is 5.82. The monoisotopic (exact) mass is 227 g/mol. The van der Waals surface area contributed by atoms with Crippen LogP contribution in [0.15, 0.2) is 5.38 Å². The lowest BCUT2D eigenvalue weighted by molar-refractivity contribution is 0.550. The third-order valence-corrected chi connectivity index (χ3v) is 3.42. The van der Waals surface area contributed by atoms with E-state index in [1.165, 1.54) is 5.01 Å². The number of aromatic nitrogens is 1. The number of nitrogens with zero attached hydrogens (tertiary/aromatic N) is 1. The van der Waals surface area contributed by atoms with E-state index in [0.29, 0.717) is 6.04 Å². The van der Waals surface area contributed by atoms with Gasteiger partial charge in [0.25, 0.3) is 0 Å². The van der Waals surface area contributed by atoms with Crippen LogP contribution in [0.4, 0.5) is 0 Å². The van der Waals surface area contributed by atoms with Gasteiger partial charge < -0.3 is 11.1 Å². The van der Waals surface area contributed by atoms with Crippen molar-refractivity contribution in [1.82, 2.24) is 10.3 Å². The van der Waals surface area contributed by atoms with Gasteiger partial charge in [-0.05, 0) is 26.3 Å². The van der Waals surface area contributed by atoms with Gasteiger partial charge in [0, 0.05) is 30.1 Å². The zero-order valence-electron chi connectivity index (χ0n) is 9.62. The summed E-state index contributed by atoms with van der Waals surface area (Å²) < 4.78 is 0. The minimum atomic E-state index is 0.347. The smallest absolute Gasteiger partial charge is 0.0940 e. The topological polar surface area (TPSA) is 50.9 Å². The number of aryl methyl sites for hydroxylation is 1. The summed E-state index contributed by atoms with van der Waals surface area (Å²) in [6, 6.07) is 0.347. The molecule has 86 valence electrons. The molecule has 3 nitrogen and oxygen atoms in total. The van der Waals surface area contributed by atoms with Crippen LogP contribution in [-0.2, 0) is 6.42 Å². The molecule has 0 aliphatic rings. The second-order valence-corrected chi connectivity index (χ2v) is 4.78. The molecule has 1 aromatic heterocycles. The summed E-state index contributed by atoms with van der Waals surface area (Å²) in [6.07, 6.45) is 3.15. The van der Waals surface area contributed by atoms with Crippen LogP contribution >= 0.6 is 11.3 Å². The average Bonchev–Trinajstić information content (AvgIpc) is 2.63. The summed E-state index contributed by atoms with van der Waals surface area (Å²) in [5.74, 6) is 0. The predicted molar refractivity (Wildman–Crippen MR) is 66.3 cm³/mol. The van der Waals surface area contributed by atoms with Crippen LogP contribution < -0.4 is 11.1 Å². The molecule has 1 aromatic rings. The van der Waals surface area contributed by atoms with Crippen molar-refractivity contribution in [3.05, 3.63) is 16.1 Å². The molecule has 0 saturated heterocycles. The molecule has 3 N–H and O–H groups in total. The first kappa shape index (κ1) is 12.6. The van der Waals surface area contributed by atoms with Gasteiger partial charge in [0.15, 0.2) is 0 Å². The Labute approximate surface area is 96.1 Å². The lowest BCUT2D eigenvalue weighted by atomic mass is 10.2. The van der Waals surface area contributed by atoms with E-state index in [2.05, 4.69) is 22.6 Å². The van der Waals surface area contributed by atoms with E-state index in [4.69, 9.17) is 5.73 Å². The maximum atomic E-state index is 5.82. The Bertz CT molecular complexity index is 273. The minimum Gasteiger partial charge on any atom is -0.328 e. The van der Waals surface area contributed by atoms with Gasteiger partial charge in [0.2, 0.25) is 0 Å². The average molecular weight is 227 g/mol. The van der Waals surface area contributed by atoms with E-state index in [0.717, 1.165) is 38.0 Å². The van der Waals surface area contributed by atoms with Gasteiger partial charge in [0.05, 0.1) is 5.01 Å². The third kappa shape index (κ3) is 5.25. The minimum absolute atomic E-state index is 0.347. The van der Waals surface area contributed by atoms with Gasteiger partial charge in [-0.25, -0.2) is 4.98 Å². The van der Waals surface area contributed by atoms with Crippen molar-refractivity contribution in [3.63, 3.8) is 0 Å². The molecule has 0 bridgehead atoms. The second kappa shape index (κ2) is 6.93. The summed E-state index contributed by atoms with van der Waals surface area (Å²) in [5, 5.41) is 6.72. The Kier molecular flexibility index (Phi) is 5.83. The van der Waals surface area contributed by atoms with Crippen LogP contribution in [0.2, 0.25) is 0 Å². The van der Waals surface area contributed by atoms with Gasteiger partial charge in [-0.15, -0.1) is 11.3 Å².